The normalized spacial score (nSPS) is 15.8. The number of carbonyl (C=O) groups excluding carboxylic acids is 2. The number of nitrogens with one attached hydrogen (secondary N) is 1. The van der Waals surface area contributed by atoms with Crippen molar-refractivity contribution in [1.82, 2.24) is 9.78 Å². The molecule has 2 aromatic rings. The third kappa shape index (κ3) is 4.24. The molecule has 0 spiro atoms. The second kappa shape index (κ2) is 8.63. The van der Waals surface area contributed by atoms with Gasteiger partial charge in [0, 0.05) is 4.88 Å². The van der Waals surface area contributed by atoms with Crippen LogP contribution in [-0.2, 0) is 28.9 Å². The lowest BCUT2D eigenvalue weighted by atomic mass is 9.88. The smallest absolute Gasteiger partial charge is 0.341 e. The number of nitrogens with zero attached hydrogens (tertiary/aromatic N) is 2. The predicted molar refractivity (Wildman–Crippen MR) is 109 cm³/mol. The molecule has 1 aliphatic rings. The van der Waals surface area contributed by atoms with Gasteiger partial charge in [0.05, 0.1) is 23.4 Å². The number of thiophene rings is 1. The molecule has 1 unspecified atom stereocenters. The number of ether oxygens (including phenoxy) is 1. The molecule has 1 N–H and O–H groups in total. The fourth-order valence-corrected chi connectivity index (χ4v) is 4.80. The number of esters is 1. The number of carbonyl (C=O) groups is 2. The van der Waals surface area contributed by atoms with E-state index in [0.717, 1.165) is 34.4 Å². The van der Waals surface area contributed by atoms with Gasteiger partial charge in [0.2, 0.25) is 5.91 Å². The average Bonchev–Trinajstić information content (AvgIpc) is 2.99. The van der Waals surface area contributed by atoms with E-state index in [9.17, 15) is 14.4 Å². The summed E-state index contributed by atoms with van der Waals surface area (Å²) in [5.74, 6) is -0.427. The van der Waals surface area contributed by atoms with Crippen molar-refractivity contribution in [3.05, 3.63) is 42.6 Å². The van der Waals surface area contributed by atoms with Crippen LogP contribution in [0.2, 0.25) is 10.0 Å². The molecule has 0 radical (unpaired) electrons. The van der Waals surface area contributed by atoms with Crippen LogP contribution in [0.5, 0.6) is 0 Å². The second-order valence-electron chi connectivity index (χ2n) is 6.59. The predicted octanol–water partition coefficient (Wildman–Crippen LogP) is 3.55. The first kappa shape index (κ1) is 20.8. The van der Waals surface area contributed by atoms with Crippen molar-refractivity contribution in [2.45, 2.75) is 39.7 Å². The Labute approximate surface area is 175 Å². The number of hydrogen-bond donors (Lipinski definition) is 1. The molecule has 0 saturated heterocycles. The Balaban J connectivity index is 1.87. The van der Waals surface area contributed by atoms with Crippen LogP contribution in [0.15, 0.2) is 11.0 Å². The number of halogens is 2. The Bertz CT molecular complexity index is 986. The molecule has 0 aliphatic heterocycles. The van der Waals surface area contributed by atoms with Gasteiger partial charge in [-0.25, -0.2) is 9.48 Å². The molecule has 3 rings (SSSR count). The molecule has 28 heavy (non-hydrogen) atoms. The van der Waals surface area contributed by atoms with E-state index in [1.807, 2.05) is 0 Å². The van der Waals surface area contributed by atoms with E-state index in [1.165, 1.54) is 17.5 Å². The van der Waals surface area contributed by atoms with Gasteiger partial charge in [-0.05, 0) is 37.7 Å². The van der Waals surface area contributed by atoms with E-state index >= 15 is 0 Å². The molecule has 2 aromatic heterocycles. The number of fused-ring (bicyclic) bond motifs is 1. The van der Waals surface area contributed by atoms with Crippen LogP contribution in [-0.4, -0.2) is 28.3 Å². The molecule has 1 aliphatic carbocycles. The first-order valence-corrected chi connectivity index (χ1v) is 10.4. The van der Waals surface area contributed by atoms with Crippen molar-refractivity contribution < 1.29 is 14.3 Å². The van der Waals surface area contributed by atoms with Gasteiger partial charge in [0.15, 0.2) is 0 Å². The minimum absolute atomic E-state index is 0.0213. The Kier molecular flexibility index (Phi) is 6.42. The number of aromatic nitrogens is 2. The van der Waals surface area contributed by atoms with Crippen molar-refractivity contribution in [3.63, 3.8) is 0 Å². The zero-order chi connectivity index (χ0) is 20.4. The van der Waals surface area contributed by atoms with Crippen LogP contribution in [0.4, 0.5) is 5.00 Å². The summed E-state index contributed by atoms with van der Waals surface area (Å²) in [6.07, 6.45) is 3.81. The average molecular weight is 444 g/mol. The minimum Gasteiger partial charge on any atom is -0.462 e. The Morgan fingerprint density at radius 1 is 1.43 bits per heavy atom. The van der Waals surface area contributed by atoms with E-state index in [4.69, 9.17) is 27.9 Å². The fraction of sp³-hybridized carbons (Fsp3) is 0.444. The van der Waals surface area contributed by atoms with Gasteiger partial charge in [-0.3, -0.25) is 9.59 Å². The summed E-state index contributed by atoms with van der Waals surface area (Å²) in [6, 6.07) is 0. The fourth-order valence-electron chi connectivity index (χ4n) is 3.12. The summed E-state index contributed by atoms with van der Waals surface area (Å²) in [6.45, 7) is 3.79. The number of amides is 1. The maximum Gasteiger partial charge on any atom is 0.341 e. The quantitative estimate of drug-likeness (QED) is 0.713. The van der Waals surface area contributed by atoms with E-state index in [1.54, 1.807) is 6.92 Å². The minimum atomic E-state index is -0.658. The van der Waals surface area contributed by atoms with Gasteiger partial charge in [-0.2, -0.15) is 5.10 Å². The van der Waals surface area contributed by atoms with Crippen molar-refractivity contribution in [3.8, 4) is 0 Å². The first-order valence-electron chi connectivity index (χ1n) is 8.84. The molecular weight excluding hydrogens is 425 g/mol. The van der Waals surface area contributed by atoms with E-state index in [0.29, 0.717) is 16.5 Å². The van der Waals surface area contributed by atoms with Crippen LogP contribution in [0.1, 0.15) is 41.1 Å². The van der Waals surface area contributed by atoms with Crippen LogP contribution in [0.3, 0.4) is 0 Å². The van der Waals surface area contributed by atoms with Gasteiger partial charge < -0.3 is 10.1 Å². The maximum absolute atomic E-state index is 12.5. The Morgan fingerprint density at radius 2 is 2.18 bits per heavy atom. The highest BCUT2D eigenvalue weighted by Gasteiger charge is 2.29. The van der Waals surface area contributed by atoms with Crippen LogP contribution in [0, 0.1) is 5.92 Å². The zero-order valence-electron chi connectivity index (χ0n) is 15.4. The van der Waals surface area contributed by atoms with E-state index in [2.05, 4.69) is 17.3 Å². The highest BCUT2D eigenvalue weighted by atomic mass is 35.5. The standard InChI is InChI=1S/C18H19Cl2N3O4S/c1-3-27-18(26)14-10-5-4-9(2)6-12(10)28-16(14)22-13(24)8-23-17(25)15(20)11(19)7-21-23/h7,9H,3-6,8H2,1-2H3,(H,22,24). The number of hydrogen-bond acceptors (Lipinski definition) is 6. The molecule has 150 valence electrons. The lowest BCUT2D eigenvalue weighted by Gasteiger charge is -2.18. The summed E-state index contributed by atoms with van der Waals surface area (Å²) in [4.78, 5) is 38.1. The molecule has 0 fully saturated rings. The van der Waals surface area contributed by atoms with Crippen molar-refractivity contribution in [2.24, 2.45) is 5.92 Å². The molecular formula is C18H19Cl2N3O4S. The van der Waals surface area contributed by atoms with Crippen LogP contribution in [0.25, 0.3) is 0 Å². The largest absolute Gasteiger partial charge is 0.462 e. The van der Waals surface area contributed by atoms with E-state index < -0.39 is 17.4 Å². The molecule has 2 heterocycles. The molecule has 0 aromatic carbocycles. The van der Waals surface area contributed by atoms with Crippen LogP contribution < -0.4 is 10.9 Å². The Hall–Kier alpha value is -1.90. The van der Waals surface area contributed by atoms with Gasteiger partial charge in [0.25, 0.3) is 5.56 Å². The Morgan fingerprint density at radius 3 is 2.89 bits per heavy atom. The highest BCUT2D eigenvalue weighted by Crippen LogP contribution is 2.40. The summed E-state index contributed by atoms with van der Waals surface area (Å²) in [7, 11) is 0. The monoisotopic (exact) mass is 443 g/mol. The first-order chi connectivity index (χ1) is 13.3. The summed E-state index contributed by atoms with van der Waals surface area (Å²) in [5, 5.41) is 6.82. The molecule has 0 bridgehead atoms. The molecule has 7 nitrogen and oxygen atoms in total. The third-order valence-corrected chi connectivity index (χ3v) is 6.40. The zero-order valence-corrected chi connectivity index (χ0v) is 17.7. The number of anilines is 1. The van der Waals surface area contributed by atoms with Crippen molar-refractivity contribution in [1.29, 1.82) is 0 Å². The van der Waals surface area contributed by atoms with Gasteiger partial charge in [0.1, 0.15) is 16.6 Å². The summed E-state index contributed by atoms with van der Waals surface area (Å²) < 4.78 is 6.10. The van der Waals surface area contributed by atoms with Crippen LogP contribution >= 0.6 is 34.5 Å². The summed E-state index contributed by atoms with van der Waals surface area (Å²) >= 11 is 12.9. The van der Waals surface area contributed by atoms with Crippen molar-refractivity contribution >= 4 is 51.4 Å². The summed E-state index contributed by atoms with van der Waals surface area (Å²) in [5.41, 5.74) is 0.701. The maximum atomic E-state index is 12.5. The van der Waals surface area contributed by atoms with Gasteiger partial charge >= 0.3 is 5.97 Å². The number of rotatable bonds is 5. The molecule has 1 atom stereocenters. The second-order valence-corrected chi connectivity index (χ2v) is 8.48. The third-order valence-electron chi connectivity index (χ3n) is 4.48. The van der Waals surface area contributed by atoms with Crippen molar-refractivity contribution in [2.75, 3.05) is 11.9 Å². The highest BCUT2D eigenvalue weighted by molar-refractivity contribution is 7.17. The van der Waals surface area contributed by atoms with E-state index in [-0.39, 0.29) is 23.2 Å². The lowest BCUT2D eigenvalue weighted by Crippen LogP contribution is -2.30. The molecule has 1 amide bonds. The molecule has 0 saturated carbocycles. The molecule has 10 heteroatoms. The lowest BCUT2D eigenvalue weighted by molar-refractivity contribution is -0.117. The van der Waals surface area contributed by atoms with Gasteiger partial charge in [-0.1, -0.05) is 30.1 Å². The topological polar surface area (TPSA) is 90.3 Å². The van der Waals surface area contributed by atoms with Gasteiger partial charge in [-0.15, -0.1) is 11.3 Å². The SMILES string of the molecule is CCOC(=O)c1c(NC(=O)Cn2ncc(Cl)c(Cl)c2=O)sc2c1CCC(C)C2.